The van der Waals surface area contributed by atoms with Crippen molar-refractivity contribution in [3.8, 4) is 0 Å². The summed E-state index contributed by atoms with van der Waals surface area (Å²) in [5.74, 6) is -0.698. The van der Waals surface area contributed by atoms with E-state index in [1.165, 1.54) is 6.20 Å². The van der Waals surface area contributed by atoms with Crippen molar-refractivity contribution < 1.29 is 9.59 Å². The Labute approximate surface area is 147 Å². The number of amides is 2. The maximum absolute atomic E-state index is 11.7. The van der Waals surface area contributed by atoms with Gasteiger partial charge < -0.3 is 22.1 Å². The largest absolute Gasteiger partial charge is 0.368 e. The molecule has 0 radical (unpaired) electrons. The van der Waals surface area contributed by atoms with Gasteiger partial charge in [0.2, 0.25) is 11.9 Å². The topological polar surface area (TPSA) is 165 Å². The van der Waals surface area contributed by atoms with Crippen molar-refractivity contribution in [1.82, 2.24) is 20.2 Å². The molecule has 26 heavy (non-hydrogen) atoms. The van der Waals surface area contributed by atoms with Gasteiger partial charge in [-0.3, -0.25) is 14.7 Å². The van der Waals surface area contributed by atoms with Crippen LogP contribution in [0.3, 0.4) is 0 Å². The van der Waals surface area contributed by atoms with E-state index in [4.69, 9.17) is 11.5 Å². The number of anilines is 3. The molecule has 0 spiro atoms. The average molecular weight is 352 g/mol. The molecule has 0 unspecified atom stereocenters. The van der Waals surface area contributed by atoms with Crippen molar-refractivity contribution in [2.75, 3.05) is 10.6 Å². The summed E-state index contributed by atoms with van der Waals surface area (Å²) in [5, 5.41) is 13.7. The second-order valence-electron chi connectivity index (χ2n) is 6.19. The van der Waals surface area contributed by atoms with Gasteiger partial charge in [0.15, 0.2) is 0 Å². The molecule has 7 N–H and O–H groups in total. The van der Waals surface area contributed by atoms with E-state index in [-0.39, 0.29) is 17.3 Å². The van der Waals surface area contributed by atoms with Gasteiger partial charge in [0.25, 0.3) is 5.91 Å². The van der Waals surface area contributed by atoms with E-state index in [2.05, 4.69) is 30.8 Å². The Balaban J connectivity index is 1.67. The molecule has 132 valence electrons. The quantitative estimate of drug-likeness (QED) is 0.434. The molecule has 3 aromatic rings. The Morgan fingerprint density at radius 2 is 2.00 bits per heavy atom. The fourth-order valence-electron chi connectivity index (χ4n) is 2.65. The first-order valence-corrected chi connectivity index (χ1v) is 7.92. The summed E-state index contributed by atoms with van der Waals surface area (Å²) in [6, 6.07) is 5.51. The van der Waals surface area contributed by atoms with Gasteiger partial charge >= 0.3 is 0 Å². The maximum atomic E-state index is 11.7. The standard InChI is InChI=1S/C16H16N8O2/c17-12(25)10-7-19-15(23-16(3-4-16)14(18)26)22-13(10)21-9-1-2-11-8(5-9)6-20-24-11/h1-2,5-7H,3-4H2,(H2,17,25)(H2,18,26)(H,20,24)(H2,19,21,22,23). The second-order valence-corrected chi connectivity index (χ2v) is 6.19. The lowest BCUT2D eigenvalue weighted by molar-refractivity contribution is -0.119. The van der Waals surface area contributed by atoms with Crippen LogP contribution in [0, 0.1) is 0 Å². The van der Waals surface area contributed by atoms with Crippen molar-refractivity contribution >= 4 is 40.2 Å². The number of H-pyrrole nitrogens is 1. The van der Waals surface area contributed by atoms with Gasteiger partial charge in [-0.05, 0) is 31.0 Å². The molecule has 1 aromatic carbocycles. The summed E-state index contributed by atoms with van der Waals surface area (Å²) in [7, 11) is 0. The molecule has 4 rings (SSSR count). The number of benzene rings is 1. The van der Waals surface area contributed by atoms with Crippen molar-refractivity contribution in [3.05, 3.63) is 36.2 Å². The number of nitrogens with two attached hydrogens (primary N) is 2. The van der Waals surface area contributed by atoms with Crippen LogP contribution in [0.15, 0.2) is 30.6 Å². The Hall–Kier alpha value is -3.69. The maximum Gasteiger partial charge on any atom is 0.254 e. The highest BCUT2D eigenvalue weighted by atomic mass is 16.2. The van der Waals surface area contributed by atoms with Gasteiger partial charge in [-0.25, -0.2) is 4.98 Å². The van der Waals surface area contributed by atoms with Crippen molar-refractivity contribution in [3.63, 3.8) is 0 Å². The summed E-state index contributed by atoms with van der Waals surface area (Å²) < 4.78 is 0. The van der Waals surface area contributed by atoms with Crippen LogP contribution in [0.2, 0.25) is 0 Å². The molecule has 1 saturated carbocycles. The minimum Gasteiger partial charge on any atom is -0.368 e. The first-order chi connectivity index (χ1) is 12.5. The van der Waals surface area contributed by atoms with Crippen molar-refractivity contribution in [2.45, 2.75) is 18.4 Å². The zero-order valence-corrected chi connectivity index (χ0v) is 13.6. The van der Waals surface area contributed by atoms with Crippen LogP contribution in [0.4, 0.5) is 17.5 Å². The molecular formula is C16H16N8O2. The first-order valence-electron chi connectivity index (χ1n) is 7.92. The van der Waals surface area contributed by atoms with E-state index in [1.54, 1.807) is 6.20 Å². The summed E-state index contributed by atoms with van der Waals surface area (Å²) >= 11 is 0. The van der Waals surface area contributed by atoms with E-state index in [9.17, 15) is 9.59 Å². The fraction of sp³-hybridized carbons (Fsp3) is 0.188. The molecule has 0 bridgehead atoms. The van der Waals surface area contributed by atoms with E-state index in [0.717, 1.165) is 10.9 Å². The number of hydrogen-bond donors (Lipinski definition) is 5. The van der Waals surface area contributed by atoms with Crippen LogP contribution < -0.4 is 22.1 Å². The third kappa shape index (κ3) is 2.77. The van der Waals surface area contributed by atoms with Crippen LogP contribution in [0.1, 0.15) is 23.2 Å². The average Bonchev–Trinajstić information content (AvgIpc) is 3.23. The van der Waals surface area contributed by atoms with Crippen LogP contribution in [0.25, 0.3) is 10.9 Å². The molecule has 2 aromatic heterocycles. The lowest BCUT2D eigenvalue weighted by atomic mass is 10.2. The molecule has 2 heterocycles. The number of fused-ring (bicyclic) bond motifs is 1. The monoisotopic (exact) mass is 352 g/mol. The van der Waals surface area contributed by atoms with Crippen molar-refractivity contribution in [2.24, 2.45) is 11.5 Å². The third-order valence-corrected chi connectivity index (χ3v) is 4.33. The number of carbonyl (C=O) groups is 2. The third-order valence-electron chi connectivity index (χ3n) is 4.33. The highest BCUT2D eigenvalue weighted by Crippen LogP contribution is 2.38. The van der Waals surface area contributed by atoms with Gasteiger partial charge in [0.1, 0.15) is 16.9 Å². The highest BCUT2D eigenvalue weighted by molar-refractivity contribution is 5.98. The van der Waals surface area contributed by atoms with E-state index >= 15 is 0 Å². The molecule has 0 aliphatic heterocycles. The summed E-state index contributed by atoms with van der Waals surface area (Å²) in [6.07, 6.45) is 4.23. The summed E-state index contributed by atoms with van der Waals surface area (Å²) in [5.41, 5.74) is 11.7. The number of nitrogens with one attached hydrogen (secondary N) is 3. The number of aromatic nitrogens is 4. The number of rotatable bonds is 6. The first kappa shape index (κ1) is 15.8. The predicted octanol–water partition coefficient (Wildman–Crippen LogP) is 0.625. The van der Waals surface area contributed by atoms with Crippen molar-refractivity contribution in [1.29, 1.82) is 0 Å². The smallest absolute Gasteiger partial charge is 0.254 e. The number of primary amides is 2. The highest BCUT2D eigenvalue weighted by Gasteiger charge is 2.49. The summed E-state index contributed by atoms with van der Waals surface area (Å²) in [6.45, 7) is 0. The number of carbonyl (C=O) groups excluding carboxylic acids is 2. The lowest BCUT2D eigenvalue weighted by Gasteiger charge is -2.15. The molecule has 10 heteroatoms. The molecular weight excluding hydrogens is 336 g/mol. The molecule has 1 aliphatic rings. The van der Waals surface area contributed by atoms with Gasteiger partial charge in [0.05, 0.1) is 11.7 Å². The molecule has 0 saturated heterocycles. The number of hydrogen-bond acceptors (Lipinski definition) is 7. The van der Waals surface area contributed by atoms with Gasteiger partial charge in [-0.1, -0.05) is 0 Å². The molecule has 0 atom stereocenters. The Morgan fingerprint density at radius 3 is 2.69 bits per heavy atom. The zero-order chi connectivity index (χ0) is 18.3. The molecule has 1 aliphatic carbocycles. The minimum atomic E-state index is -0.818. The zero-order valence-electron chi connectivity index (χ0n) is 13.6. The predicted molar refractivity (Wildman–Crippen MR) is 94.7 cm³/mol. The molecule has 1 fully saturated rings. The van der Waals surface area contributed by atoms with Crippen LogP contribution in [0.5, 0.6) is 0 Å². The SMILES string of the molecule is NC(=O)c1cnc(NC2(C(N)=O)CC2)nc1Nc1ccc2[nH]ncc2c1. The number of nitrogens with zero attached hydrogens (tertiary/aromatic N) is 3. The van der Waals surface area contributed by atoms with Crippen LogP contribution >= 0.6 is 0 Å². The fourth-order valence-corrected chi connectivity index (χ4v) is 2.65. The van der Waals surface area contributed by atoms with E-state index < -0.39 is 17.4 Å². The Kier molecular flexibility index (Phi) is 3.46. The van der Waals surface area contributed by atoms with Crippen LogP contribution in [-0.2, 0) is 4.79 Å². The summed E-state index contributed by atoms with van der Waals surface area (Å²) in [4.78, 5) is 31.6. The minimum absolute atomic E-state index is 0.131. The number of aromatic amines is 1. The van der Waals surface area contributed by atoms with Gasteiger partial charge in [-0.15, -0.1) is 0 Å². The Bertz CT molecular complexity index is 1020. The van der Waals surface area contributed by atoms with Crippen LogP contribution in [-0.4, -0.2) is 37.5 Å². The van der Waals surface area contributed by atoms with Gasteiger partial charge in [-0.2, -0.15) is 10.1 Å². The second kappa shape index (κ2) is 5.69. The van der Waals surface area contributed by atoms with E-state index in [1.807, 2.05) is 18.2 Å². The molecule has 10 nitrogen and oxygen atoms in total. The van der Waals surface area contributed by atoms with Gasteiger partial charge in [0, 0.05) is 17.3 Å². The molecule has 2 amide bonds. The lowest BCUT2D eigenvalue weighted by Crippen LogP contribution is -2.38. The Morgan fingerprint density at radius 1 is 1.19 bits per heavy atom. The normalized spacial score (nSPS) is 14.8. The van der Waals surface area contributed by atoms with E-state index in [0.29, 0.717) is 18.5 Å².